The van der Waals surface area contributed by atoms with Crippen molar-refractivity contribution < 1.29 is 0 Å². The summed E-state index contributed by atoms with van der Waals surface area (Å²) in [6.07, 6.45) is 6.30. The maximum Gasteiger partial charge on any atom is 0.0357 e. The van der Waals surface area contributed by atoms with Gasteiger partial charge >= 0.3 is 0 Å². The lowest BCUT2D eigenvalue weighted by Gasteiger charge is -2.12. The fourth-order valence-electron chi connectivity index (χ4n) is 2.05. The van der Waals surface area contributed by atoms with E-state index in [-0.39, 0.29) is 0 Å². The topological polar surface area (TPSA) is 23.9 Å². The van der Waals surface area contributed by atoms with Crippen LogP contribution in [0.15, 0.2) is 30.4 Å². The van der Waals surface area contributed by atoms with E-state index in [1.54, 1.807) is 0 Å². The van der Waals surface area contributed by atoms with E-state index >= 15 is 0 Å². The van der Waals surface area contributed by atoms with Gasteiger partial charge in [-0.25, -0.2) is 0 Å². The predicted molar refractivity (Wildman–Crippen MR) is 76.9 cm³/mol. The number of hydrogen-bond acceptors (Lipinski definition) is 1. The molecule has 0 spiro atoms. The molecule has 17 heavy (non-hydrogen) atoms. The molecule has 0 saturated heterocycles. The van der Waals surface area contributed by atoms with Crippen LogP contribution in [0.25, 0.3) is 5.57 Å². The van der Waals surface area contributed by atoms with Crippen LogP contribution in [-0.4, -0.2) is 5.71 Å². The van der Waals surface area contributed by atoms with Crippen molar-refractivity contribution in [3.63, 3.8) is 0 Å². The fraction of sp³-hybridized carbons (Fsp3) is 0.312. The molecule has 1 nitrogen and oxygen atoms in total. The van der Waals surface area contributed by atoms with Gasteiger partial charge in [-0.1, -0.05) is 24.3 Å². The second-order valence-electron chi connectivity index (χ2n) is 4.35. The van der Waals surface area contributed by atoms with Gasteiger partial charge < -0.3 is 5.41 Å². The third-order valence-electron chi connectivity index (χ3n) is 2.94. The fourth-order valence-corrected chi connectivity index (χ4v) is 2.05. The van der Waals surface area contributed by atoms with Crippen molar-refractivity contribution >= 4 is 11.3 Å². The molecule has 0 fully saturated rings. The summed E-state index contributed by atoms with van der Waals surface area (Å²) >= 11 is 0. The summed E-state index contributed by atoms with van der Waals surface area (Å²) < 4.78 is 0. The molecule has 1 heteroatoms. The van der Waals surface area contributed by atoms with E-state index in [4.69, 9.17) is 5.41 Å². The van der Waals surface area contributed by atoms with Crippen LogP contribution in [-0.2, 0) is 0 Å². The molecule has 0 aliphatic carbocycles. The Morgan fingerprint density at radius 3 is 2.06 bits per heavy atom. The van der Waals surface area contributed by atoms with Gasteiger partial charge in [0.1, 0.15) is 0 Å². The summed E-state index contributed by atoms with van der Waals surface area (Å²) in [7, 11) is 0. The molecular weight excluding hydrogens is 206 g/mol. The van der Waals surface area contributed by atoms with Crippen molar-refractivity contribution in [2.24, 2.45) is 0 Å². The van der Waals surface area contributed by atoms with Gasteiger partial charge in [-0.3, -0.25) is 0 Å². The number of nitrogens with one attached hydrogen (secondary N) is 1. The van der Waals surface area contributed by atoms with Crippen molar-refractivity contribution in [1.29, 1.82) is 5.41 Å². The molecule has 0 heterocycles. The van der Waals surface area contributed by atoms with Gasteiger partial charge in [0, 0.05) is 5.71 Å². The highest BCUT2D eigenvalue weighted by Gasteiger charge is 2.07. The maximum atomic E-state index is 7.75. The quantitative estimate of drug-likeness (QED) is 0.573. The Kier molecular flexibility index (Phi) is 4.45. The highest BCUT2D eigenvalue weighted by molar-refractivity contribution is 5.98. The minimum absolute atomic E-state index is 0.630. The van der Waals surface area contributed by atoms with Gasteiger partial charge in [-0.05, 0) is 68.5 Å². The lowest BCUT2D eigenvalue weighted by molar-refractivity contribution is 1.32. The van der Waals surface area contributed by atoms with Crippen molar-refractivity contribution in [1.82, 2.24) is 0 Å². The number of hydrogen-bond donors (Lipinski definition) is 1. The Labute approximate surface area is 104 Å². The normalized spacial score (nSPS) is 12.2. The number of aryl methyl sites for hydroxylation is 2. The lowest BCUT2D eigenvalue weighted by atomic mass is 9.93. The Balaban J connectivity index is 3.38. The summed E-state index contributed by atoms with van der Waals surface area (Å²) in [5.41, 5.74) is 6.56. The van der Waals surface area contributed by atoms with Crippen molar-refractivity contribution in [3.8, 4) is 0 Å². The van der Waals surface area contributed by atoms with E-state index in [1.807, 2.05) is 13.8 Å². The summed E-state index contributed by atoms with van der Waals surface area (Å²) in [5.74, 6) is 0. The Bertz CT molecular complexity index is 490. The largest absolute Gasteiger partial charge is 0.305 e. The van der Waals surface area contributed by atoms with Gasteiger partial charge in [0.2, 0.25) is 0 Å². The number of rotatable bonds is 3. The second kappa shape index (κ2) is 5.62. The molecule has 0 aliphatic rings. The highest BCUT2D eigenvalue weighted by Crippen LogP contribution is 2.24. The van der Waals surface area contributed by atoms with Crippen LogP contribution >= 0.6 is 0 Å². The van der Waals surface area contributed by atoms with Crippen molar-refractivity contribution in [2.45, 2.75) is 34.6 Å². The van der Waals surface area contributed by atoms with E-state index in [2.05, 4.69) is 51.1 Å². The molecule has 0 aliphatic heterocycles. The Morgan fingerprint density at radius 2 is 1.59 bits per heavy atom. The molecule has 1 aromatic rings. The molecule has 0 amide bonds. The van der Waals surface area contributed by atoms with Crippen LogP contribution in [0.4, 0.5) is 0 Å². The first-order valence-electron chi connectivity index (χ1n) is 5.97. The van der Waals surface area contributed by atoms with E-state index in [0.717, 1.165) is 5.56 Å². The van der Waals surface area contributed by atoms with Crippen LogP contribution in [0, 0.1) is 19.3 Å². The maximum absolute atomic E-state index is 7.75. The molecule has 0 unspecified atom stereocenters. The standard InChI is InChI=1S/C16H21N/c1-6-8-14(7-2)16-10-11(3)15(13(5)17)9-12(16)4/h6-10,17H,1-5H3/b8-6-,14-7+,17-13?. The Morgan fingerprint density at radius 1 is 1.06 bits per heavy atom. The predicted octanol–water partition coefficient (Wildman–Crippen LogP) is 4.67. The summed E-state index contributed by atoms with van der Waals surface area (Å²) in [5, 5.41) is 7.75. The summed E-state index contributed by atoms with van der Waals surface area (Å²) in [6.45, 7) is 10.1. The molecule has 1 rings (SSSR count). The van der Waals surface area contributed by atoms with Crippen molar-refractivity contribution in [2.75, 3.05) is 0 Å². The zero-order valence-electron chi connectivity index (χ0n) is 11.4. The van der Waals surface area contributed by atoms with E-state index in [9.17, 15) is 0 Å². The van der Waals surface area contributed by atoms with Gasteiger partial charge in [0.05, 0.1) is 0 Å². The summed E-state index contributed by atoms with van der Waals surface area (Å²) in [4.78, 5) is 0. The molecule has 1 aromatic carbocycles. The van der Waals surface area contributed by atoms with Gasteiger partial charge in [-0.15, -0.1) is 0 Å². The SMILES string of the molecule is C/C=C\C(=C/C)c1cc(C)c(C(C)=N)cc1C. The first-order valence-corrected chi connectivity index (χ1v) is 5.97. The van der Waals surface area contributed by atoms with Crippen LogP contribution < -0.4 is 0 Å². The van der Waals surface area contributed by atoms with Gasteiger partial charge in [-0.2, -0.15) is 0 Å². The molecule has 90 valence electrons. The smallest absolute Gasteiger partial charge is 0.0357 e. The third-order valence-corrected chi connectivity index (χ3v) is 2.94. The zero-order valence-corrected chi connectivity index (χ0v) is 11.4. The number of benzene rings is 1. The molecule has 0 aromatic heterocycles. The van der Waals surface area contributed by atoms with Gasteiger partial charge in [0.15, 0.2) is 0 Å². The average molecular weight is 227 g/mol. The third kappa shape index (κ3) is 2.94. The zero-order chi connectivity index (χ0) is 13.0. The molecule has 0 radical (unpaired) electrons. The monoisotopic (exact) mass is 227 g/mol. The summed E-state index contributed by atoms with van der Waals surface area (Å²) in [6, 6.07) is 4.29. The van der Waals surface area contributed by atoms with Crippen molar-refractivity contribution in [3.05, 3.63) is 52.6 Å². The molecule has 0 bridgehead atoms. The molecule has 0 saturated carbocycles. The average Bonchev–Trinajstić information content (AvgIpc) is 2.28. The second-order valence-corrected chi connectivity index (χ2v) is 4.35. The molecule has 0 atom stereocenters. The highest BCUT2D eigenvalue weighted by atomic mass is 14.4. The first-order chi connectivity index (χ1) is 8.01. The molecule has 1 N–H and O–H groups in total. The van der Waals surface area contributed by atoms with E-state index in [1.165, 1.54) is 22.3 Å². The van der Waals surface area contributed by atoms with Crippen LogP contribution in [0.2, 0.25) is 0 Å². The van der Waals surface area contributed by atoms with Crippen LogP contribution in [0.5, 0.6) is 0 Å². The van der Waals surface area contributed by atoms with E-state index in [0.29, 0.717) is 5.71 Å². The van der Waals surface area contributed by atoms with E-state index < -0.39 is 0 Å². The van der Waals surface area contributed by atoms with Crippen LogP contribution in [0.3, 0.4) is 0 Å². The number of allylic oxidation sites excluding steroid dienone is 4. The van der Waals surface area contributed by atoms with Crippen LogP contribution in [0.1, 0.15) is 43.0 Å². The van der Waals surface area contributed by atoms with Gasteiger partial charge in [0.25, 0.3) is 0 Å². The minimum atomic E-state index is 0.630. The minimum Gasteiger partial charge on any atom is -0.305 e. The Hall–Kier alpha value is -1.63. The first kappa shape index (κ1) is 13.4. The molecular formula is C16H21N. The lowest BCUT2D eigenvalue weighted by Crippen LogP contribution is -1.99.